The van der Waals surface area contributed by atoms with E-state index in [1.807, 2.05) is 24.3 Å². The van der Waals surface area contributed by atoms with Crippen LogP contribution in [0, 0.1) is 0 Å². The molecule has 0 radical (unpaired) electrons. The maximum atomic E-state index is 5.88. The smallest absolute Gasteiger partial charge is 0.120 e. The van der Waals surface area contributed by atoms with E-state index in [1.165, 1.54) is 0 Å². The Hall–Kier alpha value is -0.730. The average Bonchev–Trinajstić information content (AvgIpc) is 2.29. The number of hydrogen-bond acceptors (Lipinski definition) is 2. The van der Waals surface area contributed by atoms with Gasteiger partial charge in [-0.05, 0) is 37.6 Å². The van der Waals surface area contributed by atoms with Crippen molar-refractivity contribution in [2.45, 2.75) is 32.7 Å². The molecule has 90 valence electrons. The molecule has 0 saturated heterocycles. The molecule has 0 saturated carbocycles. The van der Waals surface area contributed by atoms with Crippen LogP contribution in [0.25, 0.3) is 0 Å². The highest BCUT2D eigenvalue weighted by Crippen LogP contribution is 2.17. The molecular weight excluding hydrogens is 222 g/mol. The lowest BCUT2D eigenvalue weighted by atomic mass is 10.2. The van der Waals surface area contributed by atoms with Crippen molar-refractivity contribution in [3.05, 3.63) is 29.3 Å². The summed E-state index contributed by atoms with van der Waals surface area (Å²) in [5, 5.41) is 4.16. The van der Waals surface area contributed by atoms with Gasteiger partial charge in [0.2, 0.25) is 0 Å². The molecule has 0 aliphatic carbocycles. The van der Waals surface area contributed by atoms with Gasteiger partial charge in [0, 0.05) is 11.1 Å². The molecule has 1 aromatic carbocycles. The molecule has 1 aromatic rings. The van der Waals surface area contributed by atoms with Gasteiger partial charge in [-0.3, -0.25) is 0 Å². The highest BCUT2D eigenvalue weighted by atomic mass is 35.5. The monoisotopic (exact) mass is 241 g/mol. The molecule has 0 aliphatic rings. The number of halogens is 1. The van der Waals surface area contributed by atoms with Crippen LogP contribution in [0.2, 0.25) is 5.02 Å². The van der Waals surface area contributed by atoms with Crippen molar-refractivity contribution >= 4 is 11.6 Å². The van der Waals surface area contributed by atoms with Gasteiger partial charge < -0.3 is 10.1 Å². The molecule has 0 aromatic heterocycles. The molecule has 2 nitrogen and oxygen atoms in total. The lowest BCUT2D eigenvalue weighted by Crippen LogP contribution is -2.34. The van der Waals surface area contributed by atoms with E-state index in [-0.39, 0.29) is 0 Å². The average molecular weight is 242 g/mol. The lowest BCUT2D eigenvalue weighted by molar-refractivity contribution is 0.260. The van der Waals surface area contributed by atoms with E-state index in [0.717, 1.165) is 25.1 Å². The third-order valence-corrected chi connectivity index (χ3v) is 2.66. The Kier molecular flexibility index (Phi) is 6.27. The van der Waals surface area contributed by atoms with Gasteiger partial charge in [0.1, 0.15) is 12.4 Å². The number of rotatable bonds is 7. The standard InChI is InChI=1S/C13H20ClNO/c1-3-8-15-12(4-2)10-16-13-7-5-6-11(14)9-13/h5-7,9,12,15H,3-4,8,10H2,1-2H3. The highest BCUT2D eigenvalue weighted by Gasteiger charge is 2.05. The largest absolute Gasteiger partial charge is 0.492 e. The highest BCUT2D eigenvalue weighted by molar-refractivity contribution is 6.30. The van der Waals surface area contributed by atoms with E-state index in [0.29, 0.717) is 17.7 Å². The van der Waals surface area contributed by atoms with Crippen LogP contribution in [0.3, 0.4) is 0 Å². The molecular formula is C13H20ClNO. The Bertz CT molecular complexity index is 304. The fourth-order valence-electron chi connectivity index (χ4n) is 1.42. The molecule has 1 N–H and O–H groups in total. The third kappa shape index (κ3) is 4.86. The number of nitrogens with one attached hydrogen (secondary N) is 1. The Labute approximate surface area is 103 Å². The molecule has 0 spiro atoms. The molecule has 1 rings (SSSR count). The lowest BCUT2D eigenvalue weighted by Gasteiger charge is -2.17. The summed E-state index contributed by atoms with van der Waals surface area (Å²) in [6.45, 7) is 6.06. The van der Waals surface area contributed by atoms with Crippen LogP contribution in [0.4, 0.5) is 0 Å². The molecule has 0 bridgehead atoms. The van der Waals surface area contributed by atoms with E-state index in [1.54, 1.807) is 0 Å². The zero-order chi connectivity index (χ0) is 11.8. The van der Waals surface area contributed by atoms with Crippen molar-refractivity contribution in [1.82, 2.24) is 5.32 Å². The third-order valence-electron chi connectivity index (χ3n) is 2.42. The van der Waals surface area contributed by atoms with Crippen molar-refractivity contribution < 1.29 is 4.74 Å². The summed E-state index contributed by atoms with van der Waals surface area (Å²) in [4.78, 5) is 0. The van der Waals surface area contributed by atoms with Gasteiger partial charge in [-0.15, -0.1) is 0 Å². The fraction of sp³-hybridized carbons (Fsp3) is 0.538. The summed E-state index contributed by atoms with van der Waals surface area (Å²) in [5.41, 5.74) is 0. The summed E-state index contributed by atoms with van der Waals surface area (Å²) in [6, 6.07) is 7.94. The zero-order valence-corrected chi connectivity index (χ0v) is 10.8. The summed E-state index contributed by atoms with van der Waals surface area (Å²) in [5.74, 6) is 0.837. The summed E-state index contributed by atoms with van der Waals surface area (Å²) < 4.78 is 5.69. The van der Waals surface area contributed by atoms with Crippen LogP contribution < -0.4 is 10.1 Å². The minimum absolute atomic E-state index is 0.416. The Morgan fingerprint density at radius 2 is 2.19 bits per heavy atom. The second-order valence-corrected chi connectivity index (χ2v) is 4.26. The molecule has 1 atom stereocenters. The summed E-state index contributed by atoms with van der Waals surface area (Å²) >= 11 is 5.88. The maximum Gasteiger partial charge on any atom is 0.120 e. The van der Waals surface area contributed by atoms with E-state index in [2.05, 4.69) is 19.2 Å². The van der Waals surface area contributed by atoms with Gasteiger partial charge >= 0.3 is 0 Å². The first-order valence-corrected chi connectivity index (χ1v) is 6.25. The Morgan fingerprint density at radius 3 is 2.81 bits per heavy atom. The van der Waals surface area contributed by atoms with Crippen LogP contribution in [0.5, 0.6) is 5.75 Å². The van der Waals surface area contributed by atoms with Gasteiger partial charge in [0.25, 0.3) is 0 Å². The van der Waals surface area contributed by atoms with Crippen molar-refractivity contribution in [1.29, 1.82) is 0 Å². The van der Waals surface area contributed by atoms with E-state index >= 15 is 0 Å². The SMILES string of the molecule is CCCNC(CC)COc1cccc(Cl)c1. The van der Waals surface area contributed by atoms with Gasteiger partial charge in [-0.1, -0.05) is 31.5 Å². The first kappa shape index (κ1) is 13.3. The topological polar surface area (TPSA) is 21.3 Å². The van der Waals surface area contributed by atoms with Crippen LogP contribution in [-0.2, 0) is 0 Å². The number of ether oxygens (including phenoxy) is 1. The summed E-state index contributed by atoms with van der Waals surface area (Å²) in [6.07, 6.45) is 2.22. The van der Waals surface area contributed by atoms with Crippen LogP contribution in [-0.4, -0.2) is 19.2 Å². The molecule has 16 heavy (non-hydrogen) atoms. The van der Waals surface area contributed by atoms with Gasteiger partial charge in [0.15, 0.2) is 0 Å². The van der Waals surface area contributed by atoms with Crippen LogP contribution in [0.1, 0.15) is 26.7 Å². The van der Waals surface area contributed by atoms with E-state index in [4.69, 9.17) is 16.3 Å². The normalized spacial score (nSPS) is 12.4. The second-order valence-electron chi connectivity index (χ2n) is 3.83. The number of benzene rings is 1. The fourth-order valence-corrected chi connectivity index (χ4v) is 1.60. The quantitative estimate of drug-likeness (QED) is 0.789. The molecule has 0 amide bonds. The van der Waals surface area contributed by atoms with Crippen molar-refractivity contribution in [2.24, 2.45) is 0 Å². The van der Waals surface area contributed by atoms with Crippen molar-refractivity contribution in [3.8, 4) is 5.75 Å². The molecule has 3 heteroatoms. The second kappa shape index (κ2) is 7.53. The summed E-state index contributed by atoms with van der Waals surface area (Å²) in [7, 11) is 0. The van der Waals surface area contributed by atoms with Crippen molar-refractivity contribution in [3.63, 3.8) is 0 Å². The maximum absolute atomic E-state index is 5.88. The van der Waals surface area contributed by atoms with E-state index in [9.17, 15) is 0 Å². The minimum atomic E-state index is 0.416. The van der Waals surface area contributed by atoms with Crippen molar-refractivity contribution in [2.75, 3.05) is 13.2 Å². The minimum Gasteiger partial charge on any atom is -0.492 e. The Morgan fingerprint density at radius 1 is 1.38 bits per heavy atom. The number of hydrogen-bond donors (Lipinski definition) is 1. The van der Waals surface area contributed by atoms with Gasteiger partial charge in [-0.2, -0.15) is 0 Å². The van der Waals surface area contributed by atoms with Crippen LogP contribution in [0.15, 0.2) is 24.3 Å². The molecule has 0 fully saturated rings. The first-order chi connectivity index (χ1) is 7.76. The zero-order valence-electron chi connectivity index (χ0n) is 10.0. The Balaban J connectivity index is 2.37. The molecule has 0 aliphatic heterocycles. The van der Waals surface area contributed by atoms with E-state index < -0.39 is 0 Å². The van der Waals surface area contributed by atoms with Crippen LogP contribution >= 0.6 is 11.6 Å². The van der Waals surface area contributed by atoms with Gasteiger partial charge in [-0.25, -0.2) is 0 Å². The molecule has 0 heterocycles. The predicted molar refractivity (Wildman–Crippen MR) is 69.3 cm³/mol. The van der Waals surface area contributed by atoms with Gasteiger partial charge in [0.05, 0.1) is 0 Å². The first-order valence-electron chi connectivity index (χ1n) is 5.88. The predicted octanol–water partition coefficient (Wildman–Crippen LogP) is 3.50. The molecule has 1 unspecified atom stereocenters.